The van der Waals surface area contributed by atoms with Gasteiger partial charge in [-0.25, -0.2) is 18.7 Å². The summed E-state index contributed by atoms with van der Waals surface area (Å²) in [5, 5.41) is 2.01. The van der Waals surface area contributed by atoms with E-state index in [2.05, 4.69) is 14.9 Å². The fraction of sp³-hybridized carbons (Fsp3) is 0.222. The van der Waals surface area contributed by atoms with Crippen LogP contribution in [0.5, 0.6) is 0 Å². The van der Waals surface area contributed by atoms with Crippen LogP contribution in [0.1, 0.15) is 16.8 Å². The molecule has 0 saturated heterocycles. The monoisotopic (exact) mass is 343 g/mol. The van der Waals surface area contributed by atoms with Gasteiger partial charge < -0.3 is 0 Å². The molecule has 24 heavy (non-hydrogen) atoms. The molecule has 3 nitrogen and oxygen atoms in total. The molecule has 1 aliphatic rings. The molecule has 122 valence electrons. The minimum atomic E-state index is -0.797. The number of nitrogens with zero attached hydrogens (tertiary/aromatic N) is 3. The van der Waals surface area contributed by atoms with Crippen LogP contribution in [0.3, 0.4) is 0 Å². The lowest BCUT2D eigenvalue weighted by molar-refractivity contribution is 0.238. The molecule has 0 spiro atoms. The second kappa shape index (κ2) is 6.37. The van der Waals surface area contributed by atoms with Crippen molar-refractivity contribution in [3.63, 3.8) is 0 Å². The Balaban J connectivity index is 1.53. The summed E-state index contributed by atoms with van der Waals surface area (Å²) in [5.41, 5.74) is 2.48. The van der Waals surface area contributed by atoms with Gasteiger partial charge in [0.15, 0.2) is 17.5 Å². The van der Waals surface area contributed by atoms with E-state index in [1.807, 2.05) is 23.7 Å². The highest BCUT2D eigenvalue weighted by molar-refractivity contribution is 7.13. The normalized spacial score (nSPS) is 14.6. The van der Waals surface area contributed by atoms with Crippen LogP contribution < -0.4 is 0 Å². The maximum Gasteiger partial charge on any atom is 0.169 e. The fourth-order valence-corrected chi connectivity index (χ4v) is 3.61. The van der Waals surface area contributed by atoms with E-state index in [1.54, 1.807) is 23.5 Å². The number of fused-ring (bicyclic) bond motifs is 1. The second-order valence-corrected chi connectivity index (χ2v) is 6.76. The molecule has 0 unspecified atom stereocenters. The second-order valence-electron chi connectivity index (χ2n) is 5.82. The standard InChI is InChI=1S/C18H15F2N3S/c19-14-4-1-3-12(17(14)20)10-23-7-6-15-13(11-23)9-21-18(22-15)16-5-2-8-24-16/h1-5,8-9H,6-7,10-11H2. The first-order valence-corrected chi connectivity index (χ1v) is 8.62. The summed E-state index contributed by atoms with van der Waals surface area (Å²) in [6, 6.07) is 8.31. The van der Waals surface area contributed by atoms with Crippen molar-refractivity contribution in [2.75, 3.05) is 6.54 Å². The summed E-state index contributed by atoms with van der Waals surface area (Å²) < 4.78 is 27.2. The van der Waals surface area contributed by atoms with Crippen molar-refractivity contribution in [2.45, 2.75) is 19.5 Å². The Labute approximate surface area is 142 Å². The molecule has 0 bridgehead atoms. The quantitative estimate of drug-likeness (QED) is 0.719. The van der Waals surface area contributed by atoms with Gasteiger partial charge in [-0.2, -0.15) is 0 Å². The molecule has 1 aliphatic heterocycles. The molecule has 0 radical (unpaired) electrons. The van der Waals surface area contributed by atoms with Gasteiger partial charge in [-0.15, -0.1) is 11.3 Å². The molecule has 4 rings (SSSR count). The minimum Gasteiger partial charge on any atom is -0.294 e. The third-order valence-corrected chi connectivity index (χ3v) is 5.05. The fourth-order valence-electron chi connectivity index (χ4n) is 2.95. The van der Waals surface area contributed by atoms with E-state index in [-0.39, 0.29) is 0 Å². The summed E-state index contributed by atoms with van der Waals surface area (Å²) in [4.78, 5) is 12.3. The highest BCUT2D eigenvalue weighted by Gasteiger charge is 2.20. The zero-order valence-electron chi connectivity index (χ0n) is 12.9. The highest BCUT2D eigenvalue weighted by Crippen LogP contribution is 2.25. The average Bonchev–Trinajstić information content (AvgIpc) is 3.13. The van der Waals surface area contributed by atoms with E-state index >= 15 is 0 Å². The first-order chi connectivity index (χ1) is 11.7. The third-order valence-electron chi connectivity index (χ3n) is 4.18. The number of halogens is 2. The summed E-state index contributed by atoms with van der Waals surface area (Å²) in [6.07, 6.45) is 2.64. The Kier molecular flexibility index (Phi) is 4.08. The maximum absolute atomic E-state index is 13.8. The molecular weight excluding hydrogens is 328 g/mol. The Morgan fingerprint density at radius 1 is 1.17 bits per heavy atom. The Morgan fingerprint density at radius 3 is 2.92 bits per heavy atom. The predicted octanol–water partition coefficient (Wildman–Crippen LogP) is 4.04. The molecular formula is C18H15F2N3S. The van der Waals surface area contributed by atoms with Crippen LogP contribution in [0.15, 0.2) is 41.9 Å². The van der Waals surface area contributed by atoms with Gasteiger partial charge in [-0.3, -0.25) is 4.90 Å². The van der Waals surface area contributed by atoms with Gasteiger partial charge >= 0.3 is 0 Å². The van der Waals surface area contributed by atoms with Gasteiger partial charge in [0.25, 0.3) is 0 Å². The first-order valence-electron chi connectivity index (χ1n) is 7.74. The lowest BCUT2D eigenvalue weighted by Gasteiger charge is -2.28. The molecule has 0 amide bonds. The van der Waals surface area contributed by atoms with Crippen LogP contribution in [0.25, 0.3) is 10.7 Å². The van der Waals surface area contributed by atoms with Crippen molar-refractivity contribution in [3.05, 3.63) is 70.4 Å². The van der Waals surface area contributed by atoms with Gasteiger partial charge in [-0.05, 0) is 17.5 Å². The van der Waals surface area contributed by atoms with Crippen molar-refractivity contribution >= 4 is 11.3 Å². The average molecular weight is 343 g/mol. The Morgan fingerprint density at radius 2 is 2.08 bits per heavy atom. The molecule has 0 aliphatic carbocycles. The highest BCUT2D eigenvalue weighted by atomic mass is 32.1. The van der Waals surface area contributed by atoms with Gasteiger partial charge in [0, 0.05) is 43.4 Å². The number of benzene rings is 1. The van der Waals surface area contributed by atoms with Crippen molar-refractivity contribution < 1.29 is 8.78 Å². The number of hydrogen-bond acceptors (Lipinski definition) is 4. The molecule has 0 atom stereocenters. The number of thiophene rings is 1. The van der Waals surface area contributed by atoms with Gasteiger partial charge in [-0.1, -0.05) is 18.2 Å². The van der Waals surface area contributed by atoms with Crippen LogP contribution in [-0.2, 0) is 19.5 Å². The minimum absolute atomic E-state index is 0.384. The van der Waals surface area contributed by atoms with Crippen LogP contribution in [0, 0.1) is 11.6 Å². The Hall–Kier alpha value is -2.18. The smallest absolute Gasteiger partial charge is 0.169 e. The Bertz CT molecular complexity index is 865. The van der Waals surface area contributed by atoms with Gasteiger partial charge in [0.1, 0.15) is 0 Å². The van der Waals surface area contributed by atoms with E-state index in [1.165, 1.54) is 0 Å². The predicted molar refractivity (Wildman–Crippen MR) is 89.5 cm³/mol. The molecule has 3 aromatic rings. The van der Waals surface area contributed by atoms with Crippen molar-refractivity contribution in [2.24, 2.45) is 0 Å². The van der Waals surface area contributed by atoms with Crippen LogP contribution in [0.2, 0.25) is 0 Å². The first kappa shape index (κ1) is 15.4. The molecule has 0 N–H and O–H groups in total. The van der Waals surface area contributed by atoms with E-state index in [4.69, 9.17) is 0 Å². The number of aromatic nitrogens is 2. The largest absolute Gasteiger partial charge is 0.294 e. The SMILES string of the molecule is Fc1cccc(CN2CCc3nc(-c4cccs4)ncc3C2)c1F. The molecule has 2 aromatic heterocycles. The zero-order valence-corrected chi connectivity index (χ0v) is 13.7. The maximum atomic E-state index is 13.8. The van der Waals surface area contributed by atoms with E-state index < -0.39 is 11.6 Å². The van der Waals surface area contributed by atoms with Crippen LogP contribution >= 0.6 is 11.3 Å². The zero-order chi connectivity index (χ0) is 16.5. The van der Waals surface area contributed by atoms with Crippen molar-refractivity contribution in [1.29, 1.82) is 0 Å². The molecule has 0 saturated carbocycles. The lowest BCUT2D eigenvalue weighted by Crippen LogP contribution is -2.31. The summed E-state index contributed by atoms with van der Waals surface area (Å²) in [5.74, 6) is -0.796. The van der Waals surface area contributed by atoms with Gasteiger partial charge in [0.05, 0.1) is 10.6 Å². The number of rotatable bonds is 3. The topological polar surface area (TPSA) is 29.0 Å². The van der Waals surface area contributed by atoms with Crippen LogP contribution in [-0.4, -0.2) is 21.4 Å². The van der Waals surface area contributed by atoms with E-state index in [9.17, 15) is 8.78 Å². The third kappa shape index (κ3) is 2.95. The van der Waals surface area contributed by atoms with Crippen LogP contribution in [0.4, 0.5) is 8.78 Å². The molecule has 1 aromatic carbocycles. The molecule has 3 heterocycles. The summed E-state index contributed by atoms with van der Waals surface area (Å²) >= 11 is 1.62. The number of hydrogen-bond donors (Lipinski definition) is 0. The van der Waals surface area contributed by atoms with E-state index in [0.29, 0.717) is 18.7 Å². The van der Waals surface area contributed by atoms with Crippen molar-refractivity contribution in [3.8, 4) is 10.7 Å². The molecule has 0 fully saturated rings. The molecule has 6 heteroatoms. The summed E-state index contributed by atoms with van der Waals surface area (Å²) in [6.45, 7) is 1.80. The van der Waals surface area contributed by atoms with Gasteiger partial charge in [0.2, 0.25) is 0 Å². The lowest BCUT2D eigenvalue weighted by atomic mass is 10.1. The van der Waals surface area contributed by atoms with Crippen molar-refractivity contribution in [1.82, 2.24) is 14.9 Å². The van der Waals surface area contributed by atoms with E-state index in [0.717, 1.165) is 41.0 Å². The summed E-state index contributed by atoms with van der Waals surface area (Å²) in [7, 11) is 0.